The third-order valence-electron chi connectivity index (χ3n) is 4.82. The van der Waals surface area contributed by atoms with Crippen LogP contribution in [0, 0.1) is 12.8 Å². The van der Waals surface area contributed by atoms with Gasteiger partial charge in [-0.25, -0.2) is 13.8 Å². The van der Waals surface area contributed by atoms with E-state index in [-0.39, 0.29) is 16.7 Å². The minimum absolute atomic E-state index is 0.228. The van der Waals surface area contributed by atoms with Crippen molar-refractivity contribution < 1.29 is 13.2 Å². The lowest BCUT2D eigenvalue weighted by atomic mass is 9.98. The van der Waals surface area contributed by atoms with Crippen LogP contribution in [0.1, 0.15) is 24.0 Å². The van der Waals surface area contributed by atoms with Crippen LogP contribution in [0.2, 0.25) is 10.0 Å². The lowest BCUT2D eigenvalue weighted by Gasteiger charge is -2.30. The number of hydrazone groups is 1. The number of carbonyl (C=O) groups is 1. The number of rotatable bonds is 5. The summed E-state index contributed by atoms with van der Waals surface area (Å²) in [6, 6.07) is 11.8. The van der Waals surface area contributed by atoms with Crippen molar-refractivity contribution in [3.63, 3.8) is 0 Å². The zero-order chi connectivity index (χ0) is 21.0. The van der Waals surface area contributed by atoms with Gasteiger partial charge in [0.05, 0.1) is 21.2 Å². The van der Waals surface area contributed by atoms with Crippen LogP contribution in [0.5, 0.6) is 0 Å². The van der Waals surface area contributed by atoms with Gasteiger partial charge in [0, 0.05) is 19.0 Å². The van der Waals surface area contributed by atoms with E-state index in [2.05, 4.69) is 10.5 Å². The first-order valence-electron chi connectivity index (χ1n) is 9.12. The van der Waals surface area contributed by atoms with Gasteiger partial charge in [-0.05, 0) is 49.6 Å². The van der Waals surface area contributed by atoms with Gasteiger partial charge in [-0.2, -0.15) is 9.41 Å². The lowest BCUT2D eigenvalue weighted by molar-refractivity contribution is -0.126. The minimum atomic E-state index is -3.54. The topological polar surface area (TPSA) is 78.8 Å². The van der Waals surface area contributed by atoms with E-state index in [0.717, 1.165) is 5.56 Å². The fourth-order valence-electron chi connectivity index (χ4n) is 3.07. The molecule has 0 spiro atoms. The molecule has 0 unspecified atom stereocenters. The maximum Gasteiger partial charge on any atom is 0.243 e. The molecule has 0 saturated carbocycles. The first-order valence-corrected chi connectivity index (χ1v) is 11.3. The van der Waals surface area contributed by atoms with Crippen molar-refractivity contribution in [1.29, 1.82) is 0 Å². The van der Waals surface area contributed by atoms with E-state index in [1.807, 2.05) is 6.92 Å². The number of amides is 1. The van der Waals surface area contributed by atoms with Crippen LogP contribution in [-0.2, 0) is 14.8 Å². The number of benzene rings is 2. The Morgan fingerprint density at radius 3 is 2.38 bits per heavy atom. The summed E-state index contributed by atoms with van der Waals surface area (Å²) in [7, 11) is -3.54. The molecule has 9 heteroatoms. The van der Waals surface area contributed by atoms with Crippen LogP contribution in [-0.4, -0.2) is 37.9 Å². The van der Waals surface area contributed by atoms with Gasteiger partial charge in [0.2, 0.25) is 15.9 Å². The highest BCUT2D eigenvalue weighted by molar-refractivity contribution is 7.89. The molecule has 0 aromatic heterocycles. The zero-order valence-electron chi connectivity index (χ0n) is 15.8. The van der Waals surface area contributed by atoms with E-state index in [4.69, 9.17) is 23.2 Å². The van der Waals surface area contributed by atoms with Gasteiger partial charge >= 0.3 is 0 Å². The minimum Gasteiger partial charge on any atom is -0.273 e. The van der Waals surface area contributed by atoms with E-state index >= 15 is 0 Å². The van der Waals surface area contributed by atoms with Gasteiger partial charge < -0.3 is 0 Å². The molecule has 1 aliphatic rings. The molecule has 2 aromatic carbocycles. The summed E-state index contributed by atoms with van der Waals surface area (Å²) in [6.45, 7) is 2.50. The summed E-state index contributed by atoms with van der Waals surface area (Å²) < 4.78 is 26.9. The molecule has 1 heterocycles. The number of aryl methyl sites for hydroxylation is 1. The number of hydrogen-bond acceptors (Lipinski definition) is 4. The molecule has 1 saturated heterocycles. The van der Waals surface area contributed by atoms with Crippen molar-refractivity contribution in [3.05, 3.63) is 63.6 Å². The number of halogens is 2. The molecule has 2 aromatic rings. The van der Waals surface area contributed by atoms with Crippen LogP contribution < -0.4 is 5.43 Å². The van der Waals surface area contributed by atoms with E-state index < -0.39 is 10.0 Å². The van der Waals surface area contributed by atoms with Crippen LogP contribution in [0.4, 0.5) is 0 Å². The van der Waals surface area contributed by atoms with Crippen LogP contribution in [0.15, 0.2) is 52.5 Å². The summed E-state index contributed by atoms with van der Waals surface area (Å²) in [6.07, 6.45) is 2.37. The number of nitrogens with zero attached hydrogens (tertiary/aromatic N) is 2. The molecule has 1 amide bonds. The van der Waals surface area contributed by atoms with Gasteiger partial charge in [0.25, 0.3) is 0 Å². The lowest BCUT2D eigenvalue weighted by Crippen LogP contribution is -2.42. The maximum absolute atomic E-state index is 12.7. The summed E-state index contributed by atoms with van der Waals surface area (Å²) in [4.78, 5) is 12.6. The van der Waals surface area contributed by atoms with Crippen LogP contribution in [0.3, 0.4) is 0 Å². The molecule has 154 valence electrons. The molecular weight excluding hydrogens is 433 g/mol. The Morgan fingerprint density at radius 2 is 1.76 bits per heavy atom. The largest absolute Gasteiger partial charge is 0.273 e. The molecule has 1 fully saturated rings. The monoisotopic (exact) mass is 453 g/mol. The fourth-order valence-corrected chi connectivity index (χ4v) is 4.85. The van der Waals surface area contributed by atoms with E-state index in [1.54, 1.807) is 42.5 Å². The average Bonchev–Trinajstić information content (AvgIpc) is 2.71. The normalized spacial score (nSPS) is 16.2. The highest BCUT2D eigenvalue weighted by Gasteiger charge is 2.31. The van der Waals surface area contributed by atoms with Gasteiger partial charge in [-0.15, -0.1) is 0 Å². The number of carbonyl (C=O) groups excluding carboxylic acids is 1. The second-order valence-corrected chi connectivity index (χ2v) is 9.65. The molecule has 29 heavy (non-hydrogen) atoms. The Morgan fingerprint density at radius 1 is 1.10 bits per heavy atom. The fraction of sp³-hybridized carbons (Fsp3) is 0.300. The van der Waals surface area contributed by atoms with E-state index in [0.29, 0.717) is 41.5 Å². The highest BCUT2D eigenvalue weighted by atomic mass is 35.5. The quantitative estimate of drug-likeness (QED) is 0.551. The smallest absolute Gasteiger partial charge is 0.243 e. The second-order valence-electron chi connectivity index (χ2n) is 6.90. The Kier molecular flexibility index (Phi) is 6.95. The van der Waals surface area contributed by atoms with Crippen molar-refractivity contribution >= 4 is 45.3 Å². The van der Waals surface area contributed by atoms with Crippen molar-refractivity contribution in [2.24, 2.45) is 11.0 Å². The second kappa shape index (κ2) is 9.26. The Labute approximate surface area is 180 Å². The number of hydrogen-bond donors (Lipinski definition) is 1. The predicted octanol–water partition coefficient (Wildman–Crippen LogP) is 3.85. The third-order valence-corrected chi connectivity index (χ3v) is 7.47. The van der Waals surface area contributed by atoms with E-state index in [9.17, 15) is 13.2 Å². The zero-order valence-corrected chi connectivity index (χ0v) is 18.1. The number of piperidine rings is 1. The Bertz CT molecular complexity index is 1020. The van der Waals surface area contributed by atoms with Crippen LogP contribution in [0.25, 0.3) is 0 Å². The molecule has 1 N–H and O–H groups in total. The maximum atomic E-state index is 12.7. The molecule has 6 nitrogen and oxygen atoms in total. The number of nitrogens with one attached hydrogen (secondary N) is 1. The van der Waals surface area contributed by atoms with Crippen molar-refractivity contribution in [3.8, 4) is 0 Å². The molecule has 0 aliphatic carbocycles. The van der Waals surface area contributed by atoms with Gasteiger partial charge in [-0.3, -0.25) is 4.79 Å². The Hall–Kier alpha value is -1.93. The van der Waals surface area contributed by atoms with Gasteiger partial charge in [-0.1, -0.05) is 47.0 Å². The van der Waals surface area contributed by atoms with Gasteiger partial charge in [0.1, 0.15) is 0 Å². The Balaban J connectivity index is 1.54. The summed E-state index contributed by atoms with van der Waals surface area (Å²) >= 11 is 11.8. The first-order chi connectivity index (χ1) is 13.8. The summed E-state index contributed by atoms with van der Waals surface area (Å²) in [5.41, 5.74) is 4.22. The van der Waals surface area contributed by atoms with E-state index in [1.165, 1.54) is 10.5 Å². The molecular formula is C20H21Cl2N3O3S. The SMILES string of the molecule is Cc1ccc(S(=O)(=O)N2CCC(C(=O)N/N=C\c3ccc(Cl)c(Cl)c3)CC2)cc1. The van der Waals surface area contributed by atoms with Gasteiger partial charge in [0.15, 0.2) is 0 Å². The standard InChI is InChI=1S/C20H21Cl2N3O3S/c1-14-2-5-17(6-3-14)29(27,28)25-10-8-16(9-11-25)20(26)24-23-13-15-4-7-18(21)19(22)12-15/h2-7,12-13,16H,8-11H2,1H3,(H,24,26)/b23-13-. The molecule has 0 bridgehead atoms. The van der Waals surface area contributed by atoms with Crippen LogP contribution >= 0.6 is 23.2 Å². The molecule has 0 atom stereocenters. The predicted molar refractivity (Wildman–Crippen MR) is 115 cm³/mol. The average molecular weight is 454 g/mol. The first kappa shape index (κ1) is 21.8. The van der Waals surface area contributed by atoms with Crippen molar-refractivity contribution in [2.45, 2.75) is 24.7 Å². The third kappa shape index (κ3) is 5.36. The molecule has 0 radical (unpaired) electrons. The summed E-state index contributed by atoms with van der Waals surface area (Å²) in [5.74, 6) is -0.515. The summed E-state index contributed by atoms with van der Waals surface area (Å²) in [5, 5.41) is 4.80. The highest BCUT2D eigenvalue weighted by Crippen LogP contribution is 2.24. The van der Waals surface area contributed by atoms with Crippen molar-refractivity contribution in [1.82, 2.24) is 9.73 Å². The van der Waals surface area contributed by atoms with Crippen molar-refractivity contribution in [2.75, 3.05) is 13.1 Å². The number of sulfonamides is 1. The molecule has 3 rings (SSSR count). The molecule has 1 aliphatic heterocycles.